The number of para-hydroxylation sites is 1. The summed E-state index contributed by atoms with van der Waals surface area (Å²) in [4.78, 5) is 12.0. The van der Waals surface area contributed by atoms with Gasteiger partial charge in [-0.15, -0.1) is 0 Å². The van der Waals surface area contributed by atoms with Gasteiger partial charge >= 0.3 is 16.3 Å². The predicted octanol–water partition coefficient (Wildman–Crippen LogP) is 4.19. The zero-order valence-electron chi connectivity index (χ0n) is 20.4. The minimum Gasteiger partial charge on any atom is -0.493 e. The fraction of sp³-hybridized carbons (Fsp3) is 0.200. The van der Waals surface area contributed by atoms with E-state index in [4.69, 9.17) is 18.4 Å². The van der Waals surface area contributed by atoms with Crippen molar-refractivity contribution in [2.45, 2.75) is 17.5 Å². The molecule has 0 aliphatic carbocycles. The Kier molecular flexibility index (Phi) is 8.84. The van der Waals surface area contributed by atoms with Gasteiger partial charge < -0.3 is 18.4 Å². The molecule has 0 radical (unpaired) electrons. The summed E-state index contributed by atoms with van der Waals surface area (Å²) in [5, 5.41) is 3.85. The maximum atomic E-state index is 12.8. The number of rotatable bonds is 10. The zero-order valence-corrected chi connectivity index (χ0v) is 21.2. The molecule has 3 aromatic carbocycles. The van der Waals surface area contributed by atoms with Crippen LogP contribution in [-0.2, 0) is 27.5 Å². The van der Waals surface area contributed by atoms with Gasteiger partial charge in [0, 0.05) is 11.1 Å². The summed E-state index contributed by atoms with van der Waals surface area (Å²) in [6.07, 6.45) is -3.57. The van der Waals surface area contributed by atoms with E-state index in [0.29, 0.717) is 34.9 Å². The average Bonchev–Trinajstić information content (AvgIpc) is 2.88. The summed E-state index contributed by atoms with van der Waals surface area (Å²) >= 11 is 0. The second-order valence-corrected chi connectivity index (χ2v) is 9.11. The Balaban J connectivity index is 1.72. The third kappa shape index (κ3) is 6.73. The fourth-order valence-corrected chi connectivity index (χ4v) is 4.28. The summed E-state index contributed by atoms with van der Waals surface area (Å²) in [6, 6.07) is 12.0. The largest absolute Gasteiger partial charge is 0.493 e. The van der Waals surface area contributed by atoms with Gasteiger partial charge in [-0.05, 0) is 42.5 Å². The molecule has 0 spiro atoms. The van der Waals surface area contributed by atoms with E-state index >= 15 is 0 Å². The Labute approximate surface area is 216 Å². The molecule has 3 rings (SSSR count). The summed E-state index contributed by atoms with van der Waals surface area (Å²) in [5.74, 6) is 0.409. The SMILES string of the molecule is COc1ccc(CC(=O)N/N=C/c2ccccc2OS(=O)(=O)c2ccc(C(F)(F)F)cc2)c(OC)c1OC. The van der Waals surface area contributed by atoms with Crippen molar-refractivity contribution in [3.8, 4) is 23.0 Å². The summed E-state index contributed by atoms with van der Waals surface area (Å²) in [7, 11) is -0.126. The first-order valence-electron chi connectivity index (χ1n) is 10.8. The van der Waals surface area contributed by atoms with Crippen LogP contribution < -0.4 is 23.8 Å². The lowest BCUT2D eigenvalue weighted by molar-refractivity contribution is -0.137. The highest BCUT2D eigenvalue weighted by molar-refractivity contribution is 7.87. The van der Waals surface area contributed by atoms with Gasteiger partial charge in [0.15, 0.2) is 17.2 Å². The molecule has 38 heavy (non-hydrogen) atoms. The normalized spacial score (nSPS) is 11.7. The number of alkyl halides is 3. The summed E-state index contributed by atoms with van der Waals surface area (Å²) in [5.41, 5.74) is 2.03. The van der Waals surface area contributed by atoms with Crippen LogP contribution in [0.5, 0.6) is 23.0 Å². The number of nitrogens with zero attached hydrogens (tertiary/aromatic N) is 1. The molecule has 0 bridgehead atoms. The lowest BCUT2D eigenvalue weighted by Gasteiger charge is -2.15. The predicted molar refractivity (Wildman–Crippen MR) is 131 cm³/mol. The molecule has 0 unspecified atom stereocenters. The number of hydrazone groups is 1. The maximum Gasteiger partial charge on any atom is 0.416 e. The third-order valence-electron chi connectivity index (χ3n) is 5.12. The molecule has 0 saturated carbocycles. The van der Waals surface area contributed by atoms with Gasteiger partial charge in [-0.25, -0.2) is 5.43 Å². The highest BCUT2D eigenvalue weighted by Crippen LogP contribution is 2.40. The maximum absolute atomic E-state index is 12.8. The van der Waals surface area contributed by atoms with Crippen LogP contribution in [0.3, 0.4) is 0 Å². The number of benzene rings is 3. The monoisotopic (exact) mass is 552 g/mol. The quantitative estimate of drug-likeness (QED) is 0.228. The Bertz CT molecular complexity index is 1420. The van der Waals surface area contributed by atoms with E-state index in [9.17, 15) is 26.4 Å². The van der Waals surface area contributed by atoms with Crippen LogP contribution in [0.2, 0.25) is 0 Å². The van der Waals surface area contributed by atoms with Crippen LogP contribution in [0.4, 0.5) is 13.2 Å². The number of carbonyl (C=O) groups excluding carboxylic acids is 1. The molecule has 0 saturated heterocycles. The highest BCUT2D eigenvalue weighted by Gasteiger charge is 2.31. The van der Waals surface area contributed by atoms with Crippen molar-refractivity contribution in [3.63, 3.8) is 0 Å². The zero-order chi connectivity index (χ0) is 27.9. The Hall–Kier alpha value is -4.26. The highest BCUT2D eigenvalue weighted by atomic mass is 32.2. The Morgan fingerprint density at radius 1 is 0.895 bits per heavy atom. The van der Waals surface area contributed by atoms with E-state index in [-0.39, 0.29) is 17.7 Å². The van der Waals surface area contributed by atoms with Crippen LogP contribution in [-0.4, -0.2) is 41.9 Å². The third-order valence-corrected chi connectivity index (χ3v) is 6.37. The number of hydrogen-bond donors (Lipinski definition) is 1. The van der Waals surface area contributed by atoms with E-state index in [1.165, 1.54) is 45.7 Å². The minimum absolute atomic E-state index is 0.124. The number of nitrogens with one attached hydrogen (secondary N) is 1. The number of carbonyl (C=O) groups is 1. The fourth-order valence-electron chi connectivity index (χ4n) is 3.33. The standard InChI is InChI=1S/C25H23F3N2O7S/c1-34-21-13-8-16(23(35-2)24(21)36-3)14-22(31)30-29-15-17-6-4-5-7-20(17)37-38(32,33)19-11-9-18(10-12-19)25(26,27)28/h4-13,15H,14H2,1-3H3,(H,30,31)/b29-15+. The Morgan fingerprint density at radius 2 is 1.55 bits per heavy atom. The van der Waals surface area contributed by atoms with Crippen molar-refractivity contribution < 1.29 is 44.8 Å². The van der Waals surface area contributed by atoms with Crippen LogP contribution in [0, 0.1) is 0 Å². The molecule has 0 heterocycles. The summed E-state index contributed by atoms with van der Waals surface area (Å²) in [6.45, 7) is 0. The number of methoxy groups -OCH3 is 3. The Morgan fingerprint density at radius 3 is 2.16 bits per heavy atom. The average molecular weight is 553 g/mol. The molecule has 1 amide bonds. The lowest BCUT2D eigenvalue weighted by Crippen LogP contribution is -2.20. The van der Waals surface area contributed by atoms with Gasteiger partial charge in [0.2, 0.25) is 11.7 Å². The summed E-state index contributed by atoms with van der Waals surface area (Å²) < 4.78 is 84.5. The smallest absolute Gasteiger partial charge is 0.416 e. The first-order chi connectivity index (χ1) is 18.0. The van der Waals surface area contributed by atoms with Crippen LogP contribution in [0.15, 0.2) is 70.7 Å². The molecule has 0 aliphatic rings. The van der Waals surface area contributed by atoms with E-state index in [0.717, 1.165) is 12.1 Å². The molecular weight excluding hydrogens is 529 g/mol. The van der Waals surface area contributed by atoms with Crippen molar-refractivity contribution in [2.75, 3.05) is 21.3 Å². The number of hydrogen-bond acceptors (Lipinski definition) is 8. The topological polar surface area (TPSA) is 113 Å². The van der Waals surface area contributed by atoms with E-state index < -0.39 is 32.7 Å². The van der Waals surface area contributed by atoms with Gasteiger partial charge in [0.1, 0.15) is 4.90 Å². The van der Waals surface area contributed by atoms with Crippen molar-refractivity contribution >= 4 is 22.2 Å². The molecule has 9 nitrogen and oxygen atoms in total. The minimum atomic E-state index is -4.61. The first kappa shape index (κ1) is 28.3. The van der Waals surface area contributed by atoms with Gasteiger partial charge in [0.05, 0.1) is 39.5 Å². The molecular formula is C25H23F3N2O7S. The van der Waals surface area contributed by atoms with Crippen molar-refractivity contribution in [3.05, 3.63) is 77.4 Å². The van der Waals surface area contributed by atoms with Crippen molar-refractivity contribution in [1.82, 2.24) is 5.43 Å². The lowest BCUT2D eigenvalue weighted by atomic mass is 10.1. The molecule has 1 N–H and O–H groups in total. The van der Waals surface area contributed by atoms with Gasteiger partial charge in [0.25, 0.3) is 0 Å². The van der Waals surface area contributed by atoms with Crippen molar-refractivity contribution in [1.29, 1.82) is 0 Å². The molecule has 0 aliphatic heterocycles. The second-order valence-electron chi connectivity index (χ2n) is 7.56. The number of ether oxygens (including phenoxy) is 3. The molecule has 3 aromatic rings. The van der Waals surface area contributed by atoms with E-state index in [1.54, 1.807) is 18.2 Å². The number of halogens is 3. The van der Waals surface area contributed by atoms with E-state index in [2.05, 4.69) is 10.5 Å². The van der Waals surface area contributed by atoms with Crippen LogP contribution in [0.1, 0.15) is 16.7 Å². The van der Waals surface area contributed by atoms with Gasteiger partial charge in [-0.2, -0.15) is 26.7 Å². The number of amides is 1. The molecule has 13 heteroatoms. The molecule has 0 fully saturated rings. The van der Waals surface area contributed by atoms with Crippen molar-refractivity contribution in [2.24, 2.45) is 5.10 Å². The van der Waals surface area contributed by atoms with Crippen LogP contribution in [0.25, 0.3) is 0 Å². The molecule has 202 valence electrons. The van der Waals surface area contributed by atoms with E-state index in [1.807, 2.05) is 0 Å². The van der Waals surface area contributed by atoms with Gasteiger partial charge in [-0.3, -0.25) is 4.79 Å². The van der Waals surface area contributed by atoms with Crippen LogP contribution >= 0.6 is 0 Å². The molecule has 0 aromatic heterocycles. The second kappa shape index (κ2) is 11.9. The molecule has 0 atom stereocenters. The van der Waals surface area contributed by atoms with Gasteiger partial charge in [-0.1, -0.05) is 18.2 Å². The first-order valence-corrected chi connectivity index (χ1v) is 12.2.